The molecule has 0 aliphatic rings. The summed E-state index contributed by atoms with van der Waals surface area (Å²) in [6, 6.07) is 10.4. The summed E-state index contributed by atoms with van der Waals surface area (Å²) in [5, 5.41) is 2.17. The van der Waals surface area contributed by atoms with E-state index in [4.69, 9.17) is 0 Å². The number of amides is 2. The van der Waals surface area contributed by atoms with Crippen LogP contribution in [-0.2, 0) is 20.5 Å². The number of carbonyl (C=O) groups is 3. The molecule has 148 valence electrons. The quantitative estimate of drug-likeness (QED) is 0.788. The Balaban J connectivity index is 2.29. The normalized spacial score (nSPS) is 10.9. The average molecular weight is 394 g/mol. The van der Waals surface area contributed by atoms with Crippen molar-refractivity contribution in [3.05, 3.63) is 59.7 Å². The molecule has 1 N–H and O–H groups in total. The maximum Gasteiger partial charge on any atom is 0.418 e. The number of hydrogen-bond donors (Lipinski definition) is 1. The Hall–Kier alpha value is -3.36. The molecule has 0 heterocycles. The van der Waals surface area contributed by atoms with Gasteiger partial charge < -0.3 is 15.0 Å². The Morgan fingerprint density at radius 1 is 1.04 bits per heavy atom. The Kier molecular flexibility index (Phi) is 6.40. The van der Waals surface area contributed by atoms with E-state index in [0.717, 1.165) is 24.1 Å². The zero-order valence-electron chi connectivity index (χ0n) is 15.0. The first kappa shape index (κ1) is 20.9. The van der Waals surface area contributed by atoms with Crippen LogP contribution in [0, 0.1) is 0 Å². The van der Waals surface area contributed by atoms with Crippen LogP contribution in [0.4, 0.5) is 24.5 Å². The van der Waals surface area contributed by atoms with Gasteiger partial charge in [-0.1, -0.05) is 24.3 Å². The molecular formula is C19H17F3N2O4. The summed E-state index contributed by atoms with van der Waals surface area (Å²) in [6.07, 6.45) is -4.65. The highest BCUT2D eigenvalue weighted by atomic mass is 19.4. The smallest absolute Gasteiger partial charge is 0.418 e. The van der Waals surface area contributed by atoms with Crippen LogP contribution in [-0.4, -0.2) is 31.4 Å². The zero-order chi connectivity index (χ0) is 20.9. The number of para-hydroxylation sites is 2. The topological polar surface area (TPSA) is 75.7 Å². The van der Waals surface area contributed by atoms with Crippen LogP contribution in [0.15, 0.2) is 48.5 Å². The number of methoxy groups -OCH3 is 1. The van der Waals surface area contributed by atoms with Crippen molar-refractivity contribution in [2.45, 2.75) is 13.1 Å². The molecule has 28 heavy (non-hydrogen) atoms. The fourth-order valence-corrected chi connectivity index (χ4v) is 2.53. The van der Waals surface area contributed by atoms with E-state index in [9.17, 15) is 27.6 Å². The monoisotopic (exact) mass is 394 g/mol. The minimum atomic E-state index is -4.65. The molecule has 0 fully saturated rings. The molecule has 0 atom stereocenters. The Morgan fingerprint density at radius 2 is 1.64 bits per heavy atom. The SMILES string of the molecule is COC(=O)c1ccccc1N(CC(=O)Nc1ccccc1C(F)(F)F)C(C)=O. The molecule has 0 aromatic heterocycles. The molecule has 2 aromatic rings. The third-order valence-corrected chi connectivity index (χ3v) is 3.79. The predicted octanol–water partition coefficient (Wildman–Crippen LogP) is 3.48. The predicted molar refractivity (Wildman–Crippen MR) is 95.9 cm³/mol. The number of rotatable bonds is 5. The second-order valence-corrected chi connectivity index (χ2v) is 5.71. The zero-order valence-corrected chi connectivity index (χ0v) is 15.0. The van der Waals surface area contributed by atoms with E-state index >= 15 is 0 Å². The number of benzene rings is 2. The van der Waals surface area contributed by atoms with Gasteiger partial charge in [-0.2, -0.15) is 13.2 Å². The maximum absolute atomic E-state index is 13.1. The van der Waals surface area contributed by atoms with E-state index in [-0.39, 0.29) is 11.3 Å². The molecule has 0 radical (unpaired) electrons. The van der Waals surface area contributed by atoms with Crippen molar-refractivity contribution in [1.29, 1.82) is 0 Å². The van der Waals surface area contributed by atoms with Gasteiger partial charge in [0.05, 0.1) is 29.6 Å². The lowest BCUT2D eigenvalue weighted by molar-refractivity contribution is -0.137. The molecule has 6 nitrogen and oxygen atoms in total. The van der Waals surface area contributed by atoms with Gasteiger partial charge in [0.1, 0.15) is 6.54 Å². The molecular weight excluding hydrogens is 377 g/mol. The van der Waals surface area contributed by atoms with Crippen molar-refractivity contribution in [3.8, 4) is 0 Å². The lowest BCUT2D eigenvalue weighted by atomic mass is 10.1. The fraction of sp³-hybridized carbons (Fsp3) is 0.211. The van der Waals surface area contributed by atoms with Gasteiger partial charge in [0, 0.05) is 6.92 Å². The van der Waals surface area contributed by atoms with Gasteiger partial charge >= 0.3 is 12.1 Å². The second-order valence-electron chi connectivity index (χ2n) is 5.71. The standard InChI is InChI=1S/C19H17F3N2O4/c1-12(25)24(16-10-6-3-7-13(16)18(27)28-2)11-17(26)23-15-9-5-4-8-14(15)19(20,21)22/h3-10H,11H2,1-2H3,(H,23,26). The number of ether oxygens (including phenoxy) is 1. The Labute approximate surface area is 158 Å². The molecule has 0 saturated carbocycles. The number of halogens is 3. The number of esters is 1. The maximum atomic E-state index is 13.1. The van der Waals surface area contributed by atoms with Crippen LogP contribution in [0.1, 0.15) is 22.8 Å². The summed E-state index contributed by atoms with van der Waals surface area (Å²) in [4.78, 5) is 37.3. The van der Waals surface area contributed by atoms with Crippen molar-refractivity contribution < 1.29 is 32.3 Å². The number of hydrogen-bond acceptors (Lipinski definition) is 4. The number of nitrogens with one attached hydrogen (secondary N) is 1. The highest BCUT2D eigenvalue weighted by Crippen LogP contribution is 2.34. The summed E-state index contributed by atoms with van der Waals surface area (Å²) in [5.41, 5.74) is -1.28. The van der Waals surface area contributed by atoms with Crippen LogP contribution < -0.4 is 10.2 Å². The molecule has 0 unspecified atom stereocenters. The van der Waals surface area contributed by atoms with Gasteiger partial charge in [0.25, 0.3) is 0 Å². The first-order valence-electron chi connectivity index (χ1n) is 8.06. The van der Waals surface area contributed by atoms with Gasteiger partial charge in [-0.3, -0.25) is 9.59 Å². The van der Waals surface area contributed by atoms with Gasteiger partial charge in [-0.25, -0.2) is 4.79 Å². The van der Waals surface area contributed by atoms with Crippen LogP contribution in [0.2, 0.25) is 0 Å². The van der Waals surface area contributed by atoms with E-state index in [2.05, 4.69) is 10.1 Å². The van der Waals surface area contributed by atoms with E-state index in [0.29, 0.717) is 0 Å². The Morgan fingerprint density at radius 3 is 2.25 bits per heavy atom. The number of carbonyl (C=O) groups excluding carboxylic acids is 3. The summed E-state index contributed by atoms with van der Waals surface area (Å²) in [7, 11) is 1.16. The van der Waals surface area contributed by atoms with Crippen LogP contribution >= 0.6 is 0 Å². The van der Waals surface area contributed by atoms with Gasteiger partial charge in [-0.05, 0) is 24.3 Å². The van der Waals surface area contributed by atoms with E-state index in [1.807, 2.05) is 0 Å². The minimum Gasteiger partial charge on any atom is -0.465 e. The van der Waals surface area contributed by atoms with Crippen LogP contribution in [0.3, 0.4) is 0 Å². The van der Waals surface area contributed by atoms with Crippen molar-refractivity contribution >= 4 is 29.2 Å². The van der Waals surface area contributed by atoms with E-state index < -0.39 is 41.8 Å². The van der Waals surface area contributed by atoms with Crippen molar-refractivity contribution in [3.63, 3.8) is 0 Å². The molecule has 2 rings (SSSR count). The van der Waals surface area contributed by atoms with Crippen molar-refractivity contribution in [1.82, 2.24) is 0 Å². The molecule has 0 spiro atoms. The van der Waals surface area contributed by atoms with E-state index in [1.165, 1.54) is 31.2 Å². The number of alkyl halides is 3. The Bertz CT molecular complexity index is 897. The third-order valence-electron chi connectivity index (χ3n) is 3.79. The second kappa shape index (κ2) is 8.55. The highest BCUT2D eigenvalue weighted by Gasteiger charge is 2.33. The van der Waals surface area contributed by atoms with E-state index in [1.54, 1.807) is 12.1 Å². The first-order chi connectivity index (χ1) is 13.1. The van der Waals surface area contributed by atoms with Crippen LogP contribution in [0.25, 0.3) is 0 Å². The van der Waals surface area contributed by atoms with Crippen molar-refractivity contribution in [2.24, 2.45) is 0 Å². The first-order valence-corrected chi connectivity index (χ1v) is 8.06. The lowest BCUT2D eigenvalue weighted by Crippen LogP contribution is -2.37. The average Bonchev–Trinajstić information content (AvgIpc) is 2.65. The summed E-state index contributed by atoms with van der Waals surface area (Å²) < 4.78 is 43.9. The third kappa shape index (κ3) is 4.87. The number of anilines is 2. The molecule has 0 aliphatic heterocycles. The van der Waals surface area contributed by atoms with Gasteiger partial charge in [0.15, 0.2) is 0 Å². The molecule has 0 saturated heterocycles. The summed E-state index contributed by atoms with van der Waals surface area (Å²) >= 11 is 0. The largest absolute Gasteiger partial charge is 0.465 e. The molecule has 9 heteroatoms. The van der Waals surface area contributed by atoms with Crippen molar-refractivity contribution in [2.75, 3.05) is 23.9 Å². The van der Waals surface area contributed by atoms with Crippen LogP contribution in [0.5, 0.6) is 0 Å². The molecule has 0 bridgehead atoms. The number of nitrogens with zero attached hydrogens (tertiary/aromatic N) is 1. The lowest BCUT2D eigenvalue weighted by Gasteiger charge is -2.23. The highest BCUT2D eigenvalue weighted by molar-refractivity contribution is 6.06. The van der Waals surface area contributed by atoms with Gasteiger partial charge in [0.2, 0.25) is 11.8 Å². The minimum absolute atomic E-state index is 0.0451. The summed E-state index contributed by atoms with van der Waals surface area (Å²) in [5.74, 6) is -2.15. The molecule has 2 aromatic carbocycles. The summed E-state index contributed by atoms with van der Waals surface area (Å²) in [6.45, 7) is 0.584. The molecule has 2 amide bonds. The molecule has 0 aliphatic carbocycles. The fourth-order valence-electron chi connectivity index (χ4n) is 2.53. The van der Waals surface area contributed by atoms with Gasteiger partial charge in [-0.15, -0.1) is 0 Å².